The monoisotopic (exact) mass is 543 g/mol. The lowest BCUT2D eigenvalue weighted by atomic mass is 10.0. The van der Waals surface area contributed by atoms with Crippen molar-refractivity contribution in [3.05, 3.63) is 54.2 Å². The van der Waals surface area contributed by atoms with Crippen LogP contribution in [0.4, 0.5) is 18.9 Å². The number of carbonyl (C=O) groups excluding carboxylic acids is 1. The highest BCUT2D eigenvalue weighted by Gasteiger charge is 2.31. The number of carbonyl (C=O) groups is 1. The lowest BCUT2D eigenvalue weighted by Gasteiger charge is -2.30. The number of fused-ring (bicyclic) bond motifs is 1. The van der Waals surface area contributed by atoms with E-state index in [-0.39, 0.29) is 41.9 Å². The van der Waals surface area contributed by atoms with Gasteiger partial charge in [0.15, 0.2) is 0 Å². The third-order valence-electron chi connectivity index (χ3n) is 7.03. The predicted molar refractivity (Wildman–Crippen MR) is 141 cm³/mol. The Morgan fingerprint density at radius 3 is 2.67 bits per heavy atom. The minimum absolute atomic E-state index is 0.0240. The van der Waals surface area contributed by atoms with Gasteiger partial charge in [0.2, 0.25) is 11.7 Å². The Kier molecular flexibility index (Phi) is 7.39. The van der Waals surface area contributed by atoms with E-state index in [1.54, 1.807) is 30.5 Å². The molecule has 0 saturated carbocycles. The molecule has 3 aromatic heterocycles. The number of likely N-dealkylation sites (tertiary alicyclic amines) is 1. The maximum absolute atomic E-state index is 13.6. The number of hydrogen-bond donors (Lipinski definition) is 2. The minimum atomic E-state index is -4.45. The largest absolute Gasteiger partial charge is 0.406 e. The van der Waals surface area contributed by atoms with Gasteiger partial charge in [0.25, 0.3) is 5.91 Å². The lowest BCUT2D eigenvalue weighted by Crippen LogP contribution is -2.36. The summed E-state index contributed by atoms with van der Waals surface area (Å²) in [6.45, 7) is 4.68. The highest BCUT2D eigenvalue weighted by Crippen LogP contribution is 2.34. The van der Waals surface area contributed by atoms with Gasteiger partial charge in [-0.05, 0) is 71.1 Å². The molecule has 0 unspecified atom stereocenters. The second-order valence-electron chi connectivity index (χ2n) is 10.3. The molecule has 4 heterocycles. The minimum Gasteiger partial charge on any atom is -0.382 e. The maximum Gasteiger partial charge on any atom is 0.406 e. The number of anilines is 1. The van der Waals surface area contributed by atoms with Crippen LogP contribution in [0.25, 0.3) is 22.4 Å². The van der Waals surface area contributed by atoms with Gasteiger partial charge in [0.05, 0.1) is 23.3 Å². The quantitative estimate of drug-likeness (QED) is 0.322. The molecule has 208 valence electrons. The van der Waals surface area contributed by atoms with Crippen molar-refractivity contribution >= 4 is 22.5 Å². The number of alkyl halides is 3. The molecule has 39 heavy (non-hydrogen) atoms. The second-order valence-corrected chi connectivity index (χ2v) is 10.3. The normalized spacial score (nSPS) is 15.4. The number of nitrogens with one attached hydrogen (secondary N) is 2. The van der Waals surface area contributed by atoms with E-state index in [0.717, 1.165) is 36.2 Å². The van der Waals surface area contributed by atoms with Crippen LogP contribution in [0.1, 0.15) is 49.0 Å². The van der Waals surface area contributed by atoms with Crippen LogP contribution in [0.2, 0.25) is 0 Å². The lowest BCUT2D eigenvalue weighted by molar-refractivity contribution is -0.139. The van der Waals surface area contributed by atoms with Gasteiger partial charge in [-0.1, -0.05) is 11.2 Å². The average Bonchev–Trinajstić information content (AvgIpc) is 3.63. The fraction of sp³-hybridized carbons (Fsp3) is 0.444. The SMILES string of the molecule is CC(C)n1ccc(C(=O)NCc2nc(-c3cc4c(NC5CCN(C)CC5)cccc4n3CC(F)(F)F)no2)c1. The van der Waals surface area contributed by atoms with Gasteiger partial charge < -0.3 is 29.2 Å². The smallest absolute Gasteiger partial charge is 0.382 e. The van der Waals surface area contributed by atoms with E-state index in [1.165, 1.54) is 0 Å². The zero-order valence-corrected chi connectivity index (χ0v) is 22.1. The summed E-state index contributed by atoms with van der Waals surface area (Å²) in [5.41, 5.74) is 1.87. The molecule has 12 heteroatoms. The van der Waals surface area contributed by atoms with E-state index in [1.807, 2.05) is 30.7 Å². The third-order valence-corrected chi connectivity index (χ3v) is 7.03. The molecule has 0 bridgehead atoms. The number of aromatic nitrogens is 4. The van der Waals surface area contributed by atoms with Crippen molar-refractivity contribution < 1.29 is 22.5 Å². The number of hydrogen-bond acceptors (Lipinski definition) is 6. The number of nitrogens with zero attached hydrogens (tertiary/aromatic N) is 5. The highest BCUT2D eigenvalue weighted by atomic mass is 19.4. The summed E-state index contributed by atoms with van der Waals surface area (Å²) >= 11 is 0. The summed E-state index contributed by atoms with van der Waals surface area (Å²) in [6.07, 6.45) is 1.01. The molecule has 1 amide bonds. The summed E-state index contributed by atoms with van der Waals surface area (Å²) in [5.74, 6) is -0.198. The first-order valence-corrected chi connectivity index (χ1v) is 13.0. The van der Waals surface area contributed by atoms with Crippen molar-refractivity contribution in [2.75, 3.05) is 25.5 Å². The molecule has 2 N–H and O–H groups in total. The van der Waals surface area contributed by atoms with Gasteiger partial charge in [-0.15, -0.1) is 0 Å². The molecule has 1 aliphatic heterocycles. The van der Waals surface area contributed by atoms with Crippen molar-refractivity contribution in [1.82, 2.24) is 29.5 Å². The van der Waals surface area contributed by atoms with Crippen molar-refractivity contribution in [2.24, 2.45) is 0 Å². The summed E-state index contributed by atoms with van der Waals surface area (Å²) in [5, 5.41) is 10.9. The Morgan fingerprint density at radius 1 is 1.21 bits per heavy atom. The zero-order chi connectivity index (χ0) is 27.7. The number of piperidine rings is 1. The Bertz CT molecular complexity index is 1450. The van der Waals surface area contributed by atoms with Crippen LogP contribution in [0, 0.1) is 0 Å². The Balaban J connectivity index is 1.39. The Labute approximate surface area is 224 Å². The zero-order valence-electron chi connectivity index (χ0n) is 22.1. The predicted octanol–water partition coefficient (Wildman–Crippen LogP) is 5.07. The number of rotatable bonds is 8. The molecule has 4 aromatic rings. The molecule has 9 nitrogen and oxygen atoms in total. The molecule has 1 aromatic carbocycles. The third kappa shape index (κ3) is 6.11. The van der Waals surface area contributed by atoms with E-state index < -0.39 is 12.7 Å². The summed E-state index contributed by atoms with van der Waals surface area (Å²) in [7, 11) is 2.08. The van der Waals surface area contributed by atoms with E-state index in [2.05, 4.69) is 32.7 Å². The number of halogens is 3. The molecule has 1 fully saturated rings. The molecule has 1 saturated heterocycles. The Hall–Kier alpha value is -3.80. The van der Waals surface area contributed by atoms with Gasteiger partial charge >= 0.3 is 6.18 Å². The first-order chi connectivity index (χ1) is 18.6. The fourth-order valence-corrected chi connectivity index (χ4v) is 4.88. The van der Waals surface area contributed by atoms with Crippen molar-refractivity contribution in [3.63, 3.8) is 0 Å². The van der Waals surface area contributed by atoms with E-state index in [4.69, 9.17) is 4.52 Å². The molecule has 0 spiro atoms. The molecule has 5 rings (SSSR count). The molecule has 0 radical (unpaired) electrons. The van der Waals surface area contributed by atoms with Crippen molar-refractivity contribution in [2.45, 2.75) is 58.0 Å². The number of benzene rings is 1. The van der Waals surface area contributed by atoms with Crippen LogP contribution in [-0.4, -0.2) is 62.4 Å². The first-order valence-electron chi connectivity index (χ1n) is 13.0. The number of amides is 1. The van der Waals surface area contributed by atoms with Gasteiger partial charge in [0, 0.05) is 35.6 Å². The van der Waals surface area contributed by atoms with Crippen LogP contribution >= 0.6 is 0 Å². The van der Waals surface area contributed by atoms with E-state index in [9.17, 15) is 18.0 Å². The van der Waals surface area contributed by atoms with Crippen LogP contribution in [0.15, 0.2) is 47.2 Å². The van der Waals surface area contributed by atoms with Crippen LogP contribution in [0.3, 0.4) is 0 Å². The van der Waals surface area contributed by atoms with E-state index in [0.29, 0.717) is 16.5 Å². The molecule has 1 aliphatic rings. The molecular weight excluding hydrogens is 511 g/mol. The van der Waals surface area contributed by atoms with Gasteiger partial charge in [-0.2, -0.15) is 18.2 Å². The second kappa shape index (κ2) is 10.8. The summed E-state index contributed by atoms with van der Waals surface area (Å²) in [4.78, 5) is 19.1. The van der Waals surface area contributed by atoms with Crippen LogP contribution in [0.5, 0.6) is 0 Å². The summed E-state index contributed by atoms with van der Waals surface area (Å²) < 4.78 is 49.2. The highest BCUT2D eigenvalue weighted by molar-refractivity contribution is 5.96. The van der Waals surface area contributed by atoms with E-state index >= 15 is 0 Å². The topological polar surface area (TPSA) is 93.2 Å². The van der Waals surface area contributed by atoms with Gasteiger partial charge in [0.1, 0.15) is 6.54 Å². The maximum atomic E-state index is 13.6. The van der Waals surface area contributed by atoms with Crippen molar-refractivity contribution in [1.29, 1.82) is 0 Å². The van der Waals surface area contributed by atoms with Gasteiger partial charge in [-0.3, -0.25) is 4.79 Å². The van der Waals surface area contributed by atoms with Crippen LogP contribution < -0.4 is 10.6 Å². The summed E-state index contributed by atoms with van der Waals surface area (Å²) in [6, 6.07) is 9.12. The Morgan fingerprint density at radius 2 is 1.97 bits per heavy atom. The first kappa shape index (κ1) is 26.8. The molecule has 0 aliphatic carbocycles. The molecule has 0 atom stereocenters. The average molecular weight is 544 g/mol. The van der Waals surface area contributed by atoms with Crippen LogP contribution in [-0.2, 0) is 13.1 Å². The molecular formula is C27H32F3N7O2. The van der Waals surface area contributed by atoms with Gasteiger partial charge in [-0.25, -0.2) is 0 Å². The fourth-order valence-electron chi connectivity index (χ4n) is 4.88. The standard InChI is InChI=1S/C27H32F3N7O2/c1-17(2)36-12-7-18(15-36)26(38)31-14-24-33-25(34-39-24)23-13-20-21(32-19-8-10-35(3)11-9-19)5-4-6-22(20)37(23)16-27(28,29)30/h4-7,12-13,15,17,19,32H,8-11,14,16H2,1-3H3,(H,31,38). The van der Waals surface area contributed by atoms with Crippen molar-refractivity contribution in [3.8, 4) is 11.5 Å².